The summed E-state index contributed by atoms with van der Waals surface area (Å²) in [6.45, 7) is -0.0808. The van der Waals surface area contributed by atoms with Crippen molar-refractivity contribution in [2.45, 2.75) is 0 Å². The predicted molar refractivity (Wildman–Crippen MR) is 89.7 cm³/mol. The standard InChI is InChI=1S/C13H10ClIN2O2S/c14-12-6-5-9(20-12)7-16-17-13(18)8-19-11-4-2-1-3-10(11)15/h1-7H,8H2,(H,17,18)/b16-7+. The Balaban J connectivity index is 1.78. The van der Waals surface area contributed by atoms with Crippen molar-refractivity contribution in [1.82, 2.24) is 5.43 Å². The van der Waals surface area contributed by atoms with Crippen molar-refractivity contribution >= 4 is 57.7 Å². The maximum Gasteiger partial charge on any atom is 0.277 e. The molecule has 0 aliphatic heterocycles. The summed E-state index contributed by atoms with van der Waals surface area (Å²) in [6, 6.07) is 11.1. The molecule has 0 saturated carbocycles. The average Bonchev–Trinajstić information content (AvgIpc) is 2.83. The maximum absolute atomic E-state index is 11.5. The van der Waals surface area contributed by atoms with Gasteiger partial charge in [-0.15, -0.1) is 11.3 Å². The highest BCUT2D eigenvalue weighted by Gasteiger charge is 2.03. The lowest BCUT2D eigenvalue weighted by molar-refractivity contribution is -0.123. The number of ether oxygens (including phenoxy) is 1. The first-order valence-electron chi connectivity index (χ1n) is 5.60. The zero-order valence-electron chi connectivity index (χ0n) is 10.2. The van der Waals surface area contributed by atoms with Gasteiger partial charge in [0.15, 0.2) is 6.61 Å². The quantitative estimate of drug-likeness (QED) is 0.457. The highest BCUT2D eigenvalue weighted by atomic mass is 127. The Morgan fingerprint density at radius 1 is 1.40 bits per heavy atom. The van der Waals surface area contributed by atoms with E-state index in [1.807, 2.05) is 30.3 Å². The molecule has 7 heteroatoms. The van der Waals surface area contributed by atoms with Crippen LogP contribution in [-0.2, 0) is 4.79 Å². The lowest BCUT2D eigenvalue weighted by Crippen LogP contribution is -2.24. The van der Waals surface area contributed by atoms with E-state index < -0.39 is 0 Å². The van der Waals surface area contributed by atoms with E-state index in [0.29, 0.717) is 10.1 Å². The molecule has 104 valence electrons. The van der Waals surface area contributed by atoms with Gasteiger partial charge in [-0.1, -0.05) is 23.7 Å². The molecule has 0 bridgehead atoms. The minimum atomic E-state index is -0.316. The molecule has 0 atom stereocenters. The van der Waals surface area contributed by atoms with Gasteiger partial charge in [0.2, 0.25) is 0 Å². The predicted octanol–water partition coefficient (Wildman–Crippen LogP) is 3.54. The highest BCUT2D eigenvalue weighted by molar-refractivity contribution is 14.1. The second kappa shape index (κ2) is 7.61. The van der Waals surface area contributed by atoms with Crippen LogP contribution in [0.1, 0.15) is 4.88 Å². The number of nitrogens with zero attached hydrogens (tertiary/aromatic N) is 1. The number of thiophene rings is 1. The fourth-order valence-electron chi connectivity index (χ4n) is 1.30. The zero-order valence-corrected chi connectivity index (χ0v) is 13.9. The van der Waals surface area contributed by atoms with Crippen LogP contribution in [-0.4, -0.2) is 18.7 Å². The van der Waals surface area contributed by atoms with Crippen LogP contribution < -0.4 is 10.2 Å². The van der Waals surface area contributed by atoms with E-state index >= 15 is 0 Å². The van der Waals surface area contributed by atoms with Crippen molar-refractivity contribution in [3.05, 3.63) is 49.2 Å². The van der Waals surface area contributed by atoms with E-state index in [4.69, 9.17) is 16.3 Å². The summed E-state index contributed by atoms with van der Waals surface area (Å²) >= 11 is 9.32. The summed E-state index contributed by atoms with van der Waals surface area (Å²) < 4.78 is 7.03. The van der Waals surface area contributed by atoms with Crippen LogP contribution in [0.2, 0.25) is 4.34 Å². The Morgan fingerprint density at radius 3 is 2.90 bits per heavy atom. The van der Waals surface area contributed by atoms with E-state index in [-0.39, 0.29) is 12.5 Å². The summed E-state index contributed by atoms with van der Waals surface area (Å²) in [5.74, 6) is 0.362. The van der Waals surface area contributed by atoms with E-state index in [0.717, 1.165) is 8.45 Å². The number of para-hydroxylation sites is 1. The molecule has 20 heavy (non-hydrogen) atoms. The van der Waals surface area contributed by atoms with Crippen LogP contribution in [0.4, 0.5) is 0 Å². The van der Waals surface area contributed by atoms with Crippen molar-refractivity contribution in [2.24, 2.45) is 5.10 Å². The zero-order chi connectivity index (χ0) is 14.4. The summed E-state index contributed by atoms with van der Waals surface area (Å²) in [7, 11) is 0. The molecule has 0 spiro atoms. The molecule has 0 radical (unpaired) electrons. The Labute approximate surface area is 138 Å². The van der Waals surface area contributed by atoms with Crippen LogP contribution in [0.3, 0.4) is 0 Å². The molecular formula is C13H10ClIN2O2S. The number of hydrogen-bond donors (Lipinski definition) is 1. The molecule has 1 heterocycles. The van der Waals surface area contributed by atoms with Gasteiger partial charge in [-0.25, -0.2) is 5.43 Å². The maximum atomic E-state index is 11.5. The fourth-order valence-corrected chi connectivity index (χ4v) is 2.78. The summed E-state index contributed by atoms with van der Waals surface area (Å²) in [5, 5.41) is 3.83. The number of benzene rings is 1. The number of carbonyl (C=O) groups excluding carboxylic acids is 1. The number of nitrogens with one attached hydrogen (secondary N) is 1. The lowest BCUT2D eigenvalue weighted by atomic mass is 10.3. The molecule has 2 aromatic rings. The van der Waals surface area contributed by atoms with Crippen LogP contribution in [0, 0.1) is 3.57 Å². The third kappa shape index (κ3) is 4.77. The normalized spacial score (nSPS) is 10.7. The number of hydrogen-bond acceptors (Lipinski definition) is 4. The molecule has 1 aromatic heterocycles. The van der Waals surface area contributed by atoms with E-state index in [1.165, 1.54) is 11.3 Å². The van der Waals surface area contributed by atoms with Gasteiger partial charge >= 0.3 is 0 Å². The van der Waals surface area contributed by atoms with Gasteiger partial charge in [-0.3, -0.25) is 4.79 Å². The van der Waals surface area contributed by atoms with Gasteiger partial charge in [-0.2, -0.15) is 5.10 Å². The number of amides is 1. The first-order chi connectivity index (χ1) is 9.65. The molecule has 0 saturated heterocycles. The van der Waals surface area contributed by atoms with Crippen molar-refractivity contribution in [3.8, 4) is 5.75 Å². The molecule has 1 aromatic carbocycles. The van der Waals surface area contributed by atoms with Gasteiger partial charge < -0.3 is 4.74 Å². The molecule has 0 aliphatic rings. The minimum Gasteiger partial charge on any atom is -0.483 e. The Hall–Kier alpha value is -1.12. The molecule has 0 aliphatic carbocycles. The van der Waals surface area contributed by atoms with Crippen molar-refractivity contribution in [2.75, 3.05) is 6.61 Å². The van der Waals surface area contributed by atoms with Gasteiger partial charge in [0.1, 0.15) is 5.75 Å². The SMILES string of the molecule is O=C(COc1ccccc1I)N/N=C/c1ccc(Cl)s1. The van der Waals surface area contributed by atoms with Gasteiger partial charge in [0.25, 0.3) is 5.91 Å². The van der Waals surface area contributed by atoms with Crippen molar-refractivity contribution in [1.29, 1.82) is 0 Å². The van der Waals surface area contributed by atoms with Crippen LogP contribution in [0.5, 0.6) is 5.75 Å². The molecule has 4 nitrogen and oxygen atoms in total. The summed E-state index contributed by atoms with van der Waals surface area (Å²) in [4.78, 5) is 12.4. The third-order valence-electron chi connectivity index (χ3n) is 2.17. The lowest BCUT2D eigenvalue weighted by Gasteiger charge is -2.06. The van der Waals surface area contributed by atoms with E-state index in [9.17, 15) is 4.79 Å². The number of halogens is 2. The molecule has 0 fully saturated rings. The van der Waals surface area contributed by atoms with Gasteiger partial charge in [0.05, 0.1) is 14.1 Å². The monoisotopic (exact) mass is 420 g/mol. The third-order valence-corrected chi connectivity index (χ3v) is 4.23. The molecule has 1 amide bonds. The van der Waals surface area contributed by atoms with E-state index in [1.54, 1.807) is 12.3 Å². The van der Waals surface area contributed by atoms with Crippen LogP contribution in [0.15, 0.2) is 41.5 Å². The van der Waals surface area contributed by atoms with Crippen LogP contribution in [0.25, 0.3) is 0 Å². The number of hydrazone groups is 1. The molecule has 1 N–H and O–H groups in total. The minimum absolute atomic E-state index is 0.0808. The Bertz CT molecular complexity index is 630. The number of carbonyl (C=O) groups is 1. The summed E-state index contributed by atoms with van der Waals surface area (Å²) in [6.07, 6.45) is 1.54. The van der Waals surface area contributed by atoms with Crippen LogP contribution >= 0.6 is 45.5 Å². The summed E-state index contributed by atoms with van der Waals surface area (Å²) in [5.41, 5.74) is 2.40. The first kappa shape index (κ1) is 15.3. The second-order valence-electron chi connectivity index (χ2n) is 3.65. The van der Waals surface area contributed by atoms with E-state index in [2.05, 4.69) is 33.1 Å². The Morgan fingerprint density at radius 2 is 2.20 bits per heavy atom. The largest absolute Gasteiger partial charge is 0.483 e. The molecule has 0 unspecified atom stereocenters. The fraction of sp³-hybridized carbons (Fsp3) is 0.0769. The molecular weight excluding hydrogens is 411 g/mol. The Kier molecular flexibility index (Phi) is 5.81. The topological polar surface area (TPSA) is 50.7 Å². The second-order valence-corrected chi connectivity index (χ2v) is 6.56. The van der Waals surface area contributed by atoms with Crippen molar-refractivity contribution in [3.63, 3.8) is 0 Å². The van der Waals surface area contributed by atoms with Gasteiger partial charge in [-0.05, 0) is 46.9 Å². The van der Waals surface area contributed by atoms with Gasteiger partial charge in [0, 0.05) is 4.88 Å². The van der Waals surface area contributed by atoms with Crippen molar-refractivity contribution < 1.29 is 9.53 Å². The first-order valence-corrected chi connectivity index (χ1v) is 7.87. The molecule has 2 rings (SSSR count). The smallest absolute Gasteiger partial charge is 0.277 e. The average molecular weight is 421 g/mol. The highest BCUT2D eigenvalue weighted by Crippen LogP contribution is 2.20. The number of rotatable bonds is 5.